The van der Waals surface area contributed by atoms with E-state index in [1.807, 2.05) is 6.08 Å². The topological polar surface area (TPSA) is 175 Å². The molecule has 0 saturated carbocycles. The predicted octanol–water partition coefficient (Wildman–Crippen LogP) is 15.1. The van der Waals surface area contributed by atoms with Gasteiger partial charge < -0.3 is 45.1 Å². The first-order chi connectivity index (χ1) is 36.7. The van der Waals surface area contributed by atoms with Crippen molar-refractivity contribution in [1.29, 1.82) is 0 Å². The van der Waals surface area contributed by atoms with E-state index in [0.29, 0.717) is 19.4 Å². The average molecular weight is 1060 g/mol. The van der Waals surface area contributed by atoms with E-state index in [0.717, 1.165) is 83.5 Å². The number of esters is 1. The van der Waals surface area contributed by atoms with Crippen LogP contribution >= 0.6 is 0 Å². The number of carbonyl (C=O) groups excluding carboxylic acids is 2. The van der Waals surface area contributed by atoms with Gasteiger partial charge in [-0.2, -0.15) is 0 Å². The maximum atomic E-state index is 13.0. The molecule has 7 atom stereocenters. The maximum Gasteiger partial charge on any atom is 0.305 e. The lowest BCUT2D eigenvalue weighted by Gasteiger charge is -2.40. The van der Waals surface area contributed by atoms with Crippen LogP contribution in [0.5, 0.6) is 0 Å². The zero-order valence-electron chi connectivity index (χ0n) is 48.5. The van der Waals surface area contributed by atoms with Crippen LogP contribution in [0.1, 0.15) is 296 Å². The molecule has 6 N–H and O–H groups in total. The Labute approximate surface area is 460 Å². The molecular formula is C64H119NO10. The van der Waals surface area contributed by atoms with Gasteiger partial charge in [0.05, 0.1) is 32.0 Å². The van der Waals surface area contributed by atoms with Gasteiger partial charge in [-0.15, -0.1) is 0 Å². The molecule has 1 aliphatic rings. The van der Waals surface area contributed by atoms with Crippen LogP contribution in [0.25, 0.3) is 0 Å². The number of rotatable bonds is 55. The van der Waals surface area contributed by atoms with E-state index in [4.69, 9.17) is 14.2 Å². The van der Waals surface area contributed by atoms with Gasteiger partial charge in [-0.25, -0.2) is 0 Å². The number of carbonyl (C=O) groups is 2. The summed E-state index contributed by atoms with van der Waals surface area (Å²) in [5, 5.41) is 54.2. The monoisotopic (exact) mass is 1060 g/mol. The van der Waals surface area contributed by atoms with E-state index in [2.05, 4.69) is 43.5 Å². The molecule has 75 heavy (non-hydrogen) atoms. The van der Waals surface area contributed by atoms with E-state index < -0.39 is 49.5 Å². The third-order valence-electron chi connectivity index (χ3n) is 15.0. The number of ether oxygens (including phenoxy) is 3. The highest BCUT2D eigenvalue weighted by Gasteiger charge is 2.44. The van der Waals surface area contributed by atoms with E-state index in [1.54, 1.807) is 6.08 Å². The minimum atomic E-state index is -1.57. The fourth-order valence-corrected chi connectivity index (χ4v) is 9.89. The summed E-state index contributed by atoms with van der Waals surface area (Å²) in [5.41, 5.74) is 0. The Morgan fingerprint density at radius 3 is 1.28 bits per heavy atom. The van der Waals surface area contributed by atoms with Gasteiger partial charge in [-0.3, -0.25) is 9.59 Å². The maximum absolute atomic E-state index is 13.0. The second kappa shape index (κ2) is 53.9. The normalized spacial score (nSPS) is 18.9. The van der Waals surface area contributed by atoms with Crippen molar-refractivity contribution in [2.45, 2.75) is 339 Å². The van der Waals surface area contributed by atoms with Crippen LogP contribution in [-0.4, -0.2) is 100 Å². The van der Waals surface area contributed by atoms with Gasteiger partial charge in [-0.1, -0.05) is 237 Å². The molecule has 0 aliphatic carbocycles. The number of allylic oxidation sites excluding steroid dienone is 5. The molecule has 7 unspecified atom stereocenters. The quantitative estimate of drug-likeness (QED) is 0.0195. The van der Waals surface area contributed by atoms with Gasteiger partial charge in [0, 0.05) is 12.8 Å². The molecule has 1 fully saturated rings. The molecule has 0 aromatic heterocycles. The van der Waals surface area contributed by atoms with Crippen LogP contribution in [0.3, 0.4) is 0 Å². The molecule has 0 aromatic carbocycles. The molecule has 1 amide bonds. The van der Waals surface area contributed by atoms with Crippen molar-refractivity contribution >= 4 is 11.9 Å². The SMILES string of the molecule is CCCCCCCC/C=C\CCCCCCCCCCCC(=O)OCCCCCCCCCC/C=C\CCCCCCCCCC(=O)NC(COC1OC(CO)C(O)C(O)C1O)C(O)/C=C/CCCCCCCCC. The third kappa shape index (κ3) is 43.4. The fourth-order valence-electron chi connectivity index (χ4n) is 9.89. The van der Waals surface area contributed by atoms with Crippen LogP contribution in [0, 0.1) is 0 Å². The first kappa shape index (κ1) is 70.9. The van der Waals surface area contributed by atoms with Gasteiger partial charge in [0.15, 0.2) is 6.29 Å². The Kier molecular flexibility index (Phi) is 50.9. The zero-order chi connectivity index (χ0) is 54.5. The first-order valence-corrected chi connectivity index (χ1v) is 31.8. The first-order valence-electron chi connectivity index (χ1n) is 31.8. The molecule has 1 aliphatic heterocycles. The number of hydrogen-bond donors (Lipinski definition) is 6. The van der Waals surface area contributed by atoms with Crippen molar-refractivity contribution < 1.29 is 49.3 Å². The lowest BCUT2D eigenvalue weighted by Crippen LogP contribution is -2.60. The number of nitrogens with one attached hydrogen (secondary N) is 1. The molecular weight excluding hydrogens is 943 g/mol. The van der Waals surface area contributed by atoms with Crippen LogP contribution in [0.15, 0.2) is 36.5 Å². The molecule has 11 nitrogen and oxygen atoms in total. The fraction of sp³-hybridized carbons (Fsp3) is 0.875. The Balaban J connectivity index is 1.99. The van der Waals surface area contributed by atoms with Gasteiger partial charge in [0.2, 0.25) is 5.91 Å². The summed E-state index contributed by atoms with van der Waals surface area (Å²) in [4.78, 5) is 25.1. The minimum absolute atomic E-state index is 0.0114. The standard InChI is InChI=1S/C64H119NO10/c1-3-5-7-9-11-13-14-15-16-17-19-23-26-29-32-36-40-44-48-52-60(69)73-53-49-45-41-37-33-30-27-24-21-18-20-22-25-28-31-35-39-43-47-51-59(68)65-56(57(67)50-46-42-38-34-12-10-8-6-4-2)55-74-64-63(72)62(71)61(70)58(54-66)75-64/h15-16,18,20,46,50,56-58,61-64,66-67,70-72H,3-14,17,19,21-45,47-49,51-55H2,1-2H3,(H,65,68)/b16-15-,20-18-,50-46+. The molecule has 0 aromatic rings. The summed E-state index contributed by atoms with van der Waals surface area (Å²) >= 11 is 0. The Hall–Kier alpha value is -2.12. The lowest BCUT2D eigenvalue weighted by molar-refractivity contribution is -0.302. The van der Waals surface area contributed by atoms with Crippen LogP contribution in [0.2, 0.25) is 0 Å². The van der Waals surface area contributed by atoms with E-state index >= 15 is 0 Å². The molecule has 440 valence electrons. The number of hydrogen-bond acceptors (Lipinski definition) is 10. The second-order valence-electron chi connectivity index (χ2n) is 22.1. The summed E-state index contributed by atoms with van der Waals surface area (Å²) in [7, 11) is 0. The van der Waals surface area contributed by atoms with Crippen LogP contribution < -0.4 is 5.32 Å². The van der Waals surface area contributed by atoms with Gasteiger partial charge in [0.1, 0.15) is 24.4 Å². The van der Waals surface area contributed by atoms with Gasteiger partial charge >= 0.3 is 5.97 Å². The Morgan fingerprint density at radius 1 is 0.480 bits per heavy atom. The van der Waals surface area contributed by atoms with Crippen molar-refractivity contribution in [3.05, 3.63) is 36.5 Å². The van der Waals surface area contributed by atoms with E-state index in [1.165, 1.54) is 186 Å². The summed E-state index contributed by atoms with van der Waals surface area (Å²) in [6, 6.07) is -0.816. The van der Waals surface area contributed by atoms with E-state index in [-0.39, 0.29) is 18.5 Å². The predicted molar refractivity (Wildman–Crippen MR) is 311 cm³/mol. The molecule has 0 bridgehead atoms. The summed E-state index contributed by atoms with van der Waals surface area (Å²) in [6.07, 6.45) is 56.9. The molecule has 0 spiro atoms. The number of aliphatic hydroxyl groups excluding tert-OH is 5. The molecule has 1 saturated heterocycles. The molecule has 1 rings (SSSR count). The van der Waals surface area contributed by atoms with Crippen LogP contribution in [-0.2, 0) is 23.8 Å². The van der Waals surface area contributed by atoms with Gasteiger partial charge in [-0.05, 0) is 83.5 Å². The van der Waals surface area contributed by atoms with Crippen molar-refractivity contribution in [3.63, 3.8) is 0 Å². The average Bonchev–Trinajstić information content (AvgIpc) is 3.41. The largest absolute Gasteiger partial charge is 0.466 e. The van der Waals surface area contributed by atoms with Crippen molar-refractivity contribution in [2.75, 3.05) is 19.8 Å². The van der Waals surface area contributed by atoms with Crippen molar-refractivity contribution in [3.8, 4) is 0 Å². The highest BCUT2D eigenvalue weighted by molar-refractivity contribution is 5.76. The van der Waals surface area contributed by atoms with E-state index in [9.17, 15) is 35.1 Å². The molecule has 11 heteroatoms. The number of aliphatic hydroxyl groups is 5. The van der Waals surface area contributed by atoms with Gasteiger partial charge in [0.25, 0.3) is 0 Å². The Bertz CT molecular complexity index is 1340. The highest BCUT2D eigenvalue weighted by atomic mass is 16.7. The third-order valence-corrected chi connectivity index (χ3v) is 15.0. The summed E-state index contributed by atoms with van der Waals surface area (Å²) < 4.78 is 16.7. The minimum Gasteiger partial charge on any atom is -0.466 e. The zero-order valence-corrected chi connectivity index (χ0v) is 48.5. The molecule has 0 radical (unpaired) electrons. The lowest BCUT2D eigenvalue weighted by atomic mass is 9.99. The van der Waals surface area contributed by atoms with Crippen molar-refractivity contribution in [2.24, 2.45) is 0 Å². The highest BCUT2D eigenvalue weighted by Crippen LogP contribution is 2.23. The van der Waals surface area contributed by atoms with Crippen molar-refractivity contribution in [1.82, 2.24) is 5.32 Å². The molecule has 1 heterocycles. The summed E-state index contributed by atoms with van der Waals surface area (Å²) in [6.45, 7) is 4.30. The Morgan fingerprint density at radius 2 is 0.853 bits per heavy atom. The number of unbranched alkanes of at least 4 members (excludes halogenated alkanes) is 37. The second-order valence-corrected chi connectivity index (χ2v) is 22.1. The smallest absolute Gasteiger partial charge is 0.305 e. The summed E-state index contributed by atoms with van der Waals surface area (Å²) in [5.74, 6) is -0.205. The number of amides is 1. The van der Waals surface area contributed by atoms with Crippen LogP contribution in [0.4, 0.5) is 0 Å².